The summed E-state index contributed by atoms with van der Waals surface area (Å²) < 4.78 is 59.1. The number of nitrogen functional groups attached to an aromatic ring is 1. The summed E-state index contributed by atoms with van der Waals surface area (Å²) in [5.74, 6) is 0.00944. The standard InChI is InChI=1S/C12H17F2N5O9P2S.3Na/c1-31-11-17-8(15)5-9(18-11)19(3-16-5)10-7(21)6(20)4(28-10)2-27-30(25,26)12(13,14)29(22,23)24;;;/h3-4,6-7,10,20-21H,2H2,1H3,(H,25,26)(H2,15,17,18)(H2,22,23,24);;;/q;3*+1/p-3/t4?,6-,7-,10?;;;/m1.../s1. The van der Waals surface area contributed by atoms with E-state index in [9.17, 15) is 42.8 Å². The van der Waals surface area contributed by atoms with Gasteiger partial charge in [-0.3, -0.25) is 4.57 Å². The summed E-state index contributed by atoms with van der Waals surface area (Å²) in [6.45, 7) is -1.31. The first-order valence-corrected chi connectivity index (χ1v) is 12.4. The first kappa shape index (κ1) is 35.7. The molecule has 34 heavy (non-hydrogen) atoms. The molecule has 0 bridgehead atoms. The maximum atomic E-state index is 13.4. The van der Waals surface area contributed by atoms with Gasteiger partial charge in [-0.05, 0) is 6.26 Å². The van der Waals surface area contributed by atoms with E-state index in [1.54, 1.807) is 6.26 Å². The quantitative estimate of drug-likeness (QED) is 0.121. The number of hydrogen-bond donors (Lipinski definition) is 3. The Kier molecular flexibility index (Phi) is 13.9. The van der Waals surface area contributed by atoms with Crippen LogP contribution in [0, 0.1) is 0 Å². The number of nitrogens with two attached hydrogens (primary N) is 1. The first-order valence-electron chi connectivity index (χ1n) is 8.12. The number of aliphatic hydroxyl groups excluding tert-OH is 2. The number of halogens is 2. The van der Waals surface area contributed by atoms with Gasteiger partial charge in [-0.1, -0.05) is 11.8 Å². The van der Waals surface area contributed by atoms with Crippen LogP contribution < -0.4 is 109 Å². The number of nitrogens with zero attached hydrogens (tertiary/aromatic N) is 4. The SMILES string of the molecule is CSc1nc(N)c2ncn(C3OC(COP(=O)([O-])C(F)(F)P(=O)([O-])[O-])[C@@H](O)[C@H]3O)c2n1.[Na+].[Na+].[Na+]. The molecule has 1 fully saturated rings. The third-order valence-electron chi connectivity index (χ3n) is 4.29. The zero-order valence-corrected chi connectivity index (χ0v) is 26.9. The van der Waals surface area contributed by atoms with E-state index in [0.29, 0.717) is 0 Å². The van der Waals surface area contributed by atoms with Crippen LogP contribution >= 0.6 is 27.0 Å². The molecular weight excluding hydrogens is 559 g/mol. The van der Waals surface area contributed by atoms with Gasteiger partial charge >= 0.3 is 94.1 Å². The van der Waals surface area contributed by atoms with Gasteiger partial charge in [0.2, 0.25) is 7.60 Å². The number of aliphatic hydroxyl groups is 2. The van der Waals surface area contributed by atoms with Gasteiger partial charge in [-0.25, -0.2) is 15.0 Å². The Bertz CT molecular complexity index is 1100. The molecule has 4 N–H and O–H groups in total. The van der Waals surface area contributed by atoms with Crippen molar-refractivity contribution in [3.8, 4) is 0 Å². The maximum absolute atomic E-state index is 13.4. The Labute approximate surface area is 261 Å². The summed E-state index contributed by atoms with van der Waals surface area (Å²) in [6.07, 6.45) is -3.89. The van der Waals surface area contributed by atoms with Crippen molar-refractivity contribution in [1.29, 1.82) is 0 Å². The molecule has 3 unspecified atom stereocenters. The normalized spacial score (nSPS) is 24.6. The fraction of sp³-hybridized carbons (Fsp3) is 0.583. The Morgan fingerprint density at radius 3 is 2.35 bits per heavy atom. The minimum Gasteiger partial charge on any atom is -0.806 e. The van der Waals surface area contributed by atoms with E-state index >= 15 is 0 Å². The molecule has 0 radical (unpaired) electrons. The molecule has 0 saturated carbocycles. The summed E-state index contributed by atoms with van der Waals surface area (Å²) >= 11 is 1.14. The van der Waals surface area contributed by atoms with Crippen LogP contribution in [0.5, 0.6) is 0 Å². The summed E-state index contributed by atoms with van der Waals surface area (Å²) in [7, 11) is -13.5. The van der Waals surface area contributed by atoms with Gasteiger partial charge in [0.1, 0.15) is 23.8 Å². The fourth-order valence-electron chi connectivity index (χ4n) is 2.69. The van der Waals surface area contributed by atoms with Crippen molar-refractivity contribution in [2.75, 3.05) is 18.6 Å². The van der Waals surface area contributed by atoms with Gasteiger partial charge in [-0.2, -0.15) is 8.78 Å². The second-order valence-corrected chi connectivity index (χ2v) is 10.8. The summed E-state index contributed by atoms with van der Waals surface area (Å²) in [6, 6.07) is 0. The van der Waals surface area contributed by atoms with Crippen LogP contribution in [0.4, 0.5) is 14.6 Å². The topological polar surface area (TPSA) is 232 Å². The third kappa shape index (κ3) is 6.84. The zero-order chi connectivity index (χ0) is 23.4. The number of aromatic nitrogens is 4. The van der Waals surface area contributed by atoms with Gasteiger partial charge in [-0.15, -0.1) is 0 Å². The van der Waals surface area contributed by atoms with Gasteiger partial charge in [0, 0.05) is 7.60 Å². The minimum atomic E-state index is -6.90. The minimum absolute atomic E-state index is 0. The van der Waals surface area contributed by atoms with Crippen molar-refractivity contribution < 1.29 is 141 Å². The van der Waals surface area contributed by atoms with Crippen LogP contribution in [0.15, 0.2) is 11.5 Å². The number of imidazole rings is 1. The van der Waals surface area contributed by atoms with Crippen LogP contribution in [0.1, 0.15) is 6.23 Å². The van der Waals surface area contributed by atoms with Crippen LogP contribution in [-0.2, 0) is 18.4 Å². The summed E-state index contributed by atoms with van der Waals surface area (Å²) in [5, 5.41) is 14.9. The van der Waals surface area contributed by atoms with Crippen molar-refractivity contribution in [2.45, 2.75) is 35.1 Å². The largest absolute Gasteiger partial charge is 1.00 e. The van der Waals surface area contributed by atoms with E-state index in [4.69, 9.17) is 10.5 Å². The molecule has 1 saturated heterocycles. The molecule has 3 rings (SSSR count). The Balaban J connectivity index is 0.00000363. The Morgan fingerprint density at radius 2 is 1.82 bits per heavy atom. The predicted octanol–water partition coefficient (Wildman–Crippen LogP) is -11.2. The molecule has 2 aromatic rings. The number of alkyl halides is 2. The molecule has 3 heterocycles. The van der Waals surface area contributed by atoms with Gasteiger partial charge in [0.05, 0.1) is 12.9 Å². The fourth-order valence-corrected chi connectivity index (χ4v) is 4.93. The van der Waals surface area contributed by atoms with Crippen molar-refractivity contribution in [2.24, 2.45) is 0 Å². The van der Waals surface area contributed by atoms with Crippen LogP contribution in [0.25, 0.3) is 11.2 Å². The zero-order valence-electron chi connectivity index (χ0n) is 18.3. The molecule has 0 aromatic carbocycles. The van der Waals surface area contributed by atoms with E-state index in [1.807, 2.05) is 0 Å². The molecule has 0 aliphatic carbocycles. The molecule has 0 amide bonds. The number of hydrogen-bond acceptors (Lipinski definition) is 14. The maximum Gasteiger partial charge on any atom is 1.00 e. The number of rotatable bonds is 7. The number of ether oxygens (including phenoxy) is 1. The molecule has 2 aromatic heterocycles. The molecule has 5 atom stereocenters. The molecular formula is C12H14F2N5Na3O9P2S. The van der Waals surface area contributed by atoms with Crippen molar-refractivity contribution in [1.82, 2.24) is 19.5 Å². The number of fused-ring (bicyclic) bond motifs is 1. The average Bonchev–Trinajstić information content (AvgIpc) is 3.21. The number of anilines is 1. The van der Waals surface area contributed by atoms with Gasteiger partial charge in [0.15, 0.2) is 22.8 Å². The van der Waals surface area contributed by atoms with E-state index in [-0.39, 0.29) is 111 Å². The first-order chi connectivity index (χ1) is 14.2. The molecule has 14 nitrogen and oxygen atoms in total. The second-order valence-electron chi connectivity index (χ2n) is 6.27. The smallest absolute Gasteiger partial charge is 0.806 e. The van der Waals surface area contributed by atoms with E-state index < -0.39 is 51.7 Å². The summed E-state index contributed by atoms with van der Waals surface area (Å²) in [5.41, 5.74) is 6.01. The molecule has 22 heteroatoms. The molecule has 1 aliphatic rings. The van der Waals surface area contributed by atoms with Crippen molar-refractivity contribution in [3.63, 3.8) is 0 Å². The third-order valence-corrected chi connectivity index (χ3v) is 8.11. The average molecular weight is 573 g/mol. The molecule has 0 spiro atoms. The Morgan fingerprint density at radius 1 is 1.24 bits per heavy atom. The van der Waals surface area contributed by atoms with E-state index in [2.05, 4.69) is 19.5 Å². The van der Waals surface area contributed by atoms with Gasteiger partial charge < -0.3 is 49.0 Å². The van der Waals surface area contributed by atoms with E-state index in [1.165, 1.54) is 0 Å². The van der Waals surface area contributed by atoms with Crippen molar-refractivity contribution in [3.05, 3.63) is 6.33 Å². The summed E-state index contributed by atoms with van der Waals surface area (Å²) in [4.78, 5) is 44.7. The van der Waals surface area contributed by atoms with Crippen molar-refractivity contribution >= 4 is 43.9 Å². The van der Waals surface area contributed by atoms with E-state index in [0.717, 1.165) is 22.7 Å². The van der Waals surface area contributed by atoms with Gasteiger partial charge in [0.25, 0.3) is 0 Å². The molecule has 174 valence electrons. The Hall–Kier alpha value is 1.74. The second kappa shape index (κ2) is 13.2. The number of thioether (sulfide) groups is 1. The van der Waals surface area contributed by atoms with Crippen LogP contribution in [0.3, 0.4) is 0 Å². The monoisotopic (exact) mass is 573 g/mol. The van der Waals surface area contributed by atoms with Crippen LogP contribution in [0.2, 0.25) is 0 Å². The van der Waals surface area contributed by atoms with Crippen LogP contribution in [-0.4, -0.2) is 66.3 Å². The predicted molar refractivity (Wildman–Crippen MR) is 93.6 cm³/mol. The molecule has 1 aliphatic heterocycles.